The first-order valence-electron chi connectivity index (χ1n) is 23.5. The lowest BCUT2D eigenvalue weighted by atomic mass is 9.63. The third kappa shape index (κ3) is 5.49. The average Bonchev–Trinajstić information content (AvgIpc) is 4.02. The van der Waals surface area contributed by atoms with E-state index in [1.807, 2.05) is 12.1 Å². The van der Waals surface area contributed by atoms with Crippen LogP contribution in [0.2, 0.25) is 0 Å². The van der Waals surface area contributed by atoms with Crippen LogP contribution in [0.4, 0.5) is 0 Å². The van der Waals surface area contributed by atoms with Crippen molar-refractivity contribution < 1.29 is 4.42 Å². The van der Waals surface area contributed by atoms with Gasteiger partial charge in [0, 0.05) is 43.6 Å². The Bertz CT molecular complexity index is 4190. The number of furan rings is 1. The van der Waals surface area contributed by atoms with Gasteiger partial charge in [0.2, 0.25) is 5.95 Å². The molecular formula is C62H46N4O. The molecule has 13 aromatic rings. The molecule has 0 spiro atoms. The van der Waals surface area contributed by atoms with Crippen LogP contribution in [-0.4, -0.2) is 19.1 Å². The lowest BCUT2D eigenvalue weighted by molar-refractivity contribution is 0.332. The minimum absolute atomic E-state index is 0.0568. The van der Waals surface area contributed by atoms with Crippen molar-refractivity contribution in [1.29, 1.82) is 0 Å². The fourth-order valence-electron chi connectivity index (χ4n) is 11.6. The van der Waals surface area contributed by atoms with Crippen molar-refractivity contribution in [2.45, 2.75) is 51.4 Å². The van der Waals surface area contributed by atoms with E-state index in [-0.39, 0.29) is 10.8 Å². The summed E-state index contributed by atoms with van der Waals surface area (Å²) < 4.78 is 11.6. The molecule has 0 saturated carbocycles. The van der Waals surface area contributed by atoms with Gasteiger partial charge in [0.1, 0.15) is 16.8 Å². The van der Waals surface area contributed by atoms with E-state index >= 15 is 0 Å². The van der Waals surface area contributed by atoms with E-state index < -0.39 is 0 Å². The van der Waals surface area contributed by atoms with Crippen LogP contribution in [0.3, 0.4) is 0 Å². The van der Waals surface area contributed by atoms with Gasteiger partial charge >= 0.3 is 0 Å². The summed E-state index contributed by atoms with van der Waals surface area (Å²) in [4.78, 5) is 11.2. The Hall–Kier alpha value is -8.02. The molecule has 1 aliphatic rings. The molecule has 0 aliphatic heterocycles. The van der Waals surface area contributed by atoms with Crippen molar-refractivity contribution in [3.05, 3.63) is 193 Å². The molecule has 0 N–H and O–H groups in total. The fraction of sp³-hybridized carbons (Fsp3) is 0.129. The standard InChI is InChI=1S/C62H46N4O/c1-61(2)31-32-62(3,4)50-35-51-47(34-49(50)61)46-33-48-53(36-52(46)65(51)40-19-9-6-10-20-40)66(58-44-24-14-12-22-42(44)41-21-11-13-23-43(41)55(48)58)60-63-56(59-57(64-60)45-25-15-16-26-54(45)67-59)39-29-27-38(28-30-39)37-17-7-5-8-18-37/h5-30,33-36H,31-32H2,1-4H3. The molecule has 0 unspecified atom stereocenters. The highest BCUT2D eigenvalue weighted by Crippen LogP contribution is 2.50. The first-order chi connectivity index (χ1) is 32.7. The van der Waals surface area contributed by atoms with Gasteiger partial charge in [-0.2, -0.15) is 0 Å². The molecular weight excluding hydrogens is 817 g/mol. The highest BCUT2D eigenvalue weighted by atomic mass is 16.3. The predicted octanol–water partition coefficient (Wildman–Crippen LogP) is 16.6. The minimum Gasteiger partial charge on any atom is -0.452 e. The quantitative estimate of drug-likeness (QED) is 0.166. The van der Waals surface area contributed by atoms with Gasteiger partial charge in [0.25, 0.3) is 0 Å². The normalized spacial score (nSPS) is 14.7. The minimum atomic E-state index is 0.0568. The van der Waals surface area contributed by atoms with Gasteiger partial charge in [-0.1, -0.05) is 161 Å². The molecule has 5 heteroatoms. The zero-order valence-electron chi connectivity index (χ0n) is 37.9. The highest BCUT2D eigenvalue weighted by Gasteiger charge is 2.38. The summed E-state index contributed by atoms with van der Waals surface area (Å²) in [7, 11) is 0. The number of para-hydroxylation sites is 2. The number of fused-ring (bicyclic) bond motifs is 15. The van der Waals surface area contributed by atoms with Crippen molar-refractivity contribution in [3.8, 4) is 34.0 Å². The molecule has 9 aromatic carbocycles. The lowest BCUT2D eigenvalue weighted by Gasteiger charge is -2.42. The summed E-state index contributed by atoms with van der Waals surface area (Å²) in [5.41, 5.74) is 15.0. The third-order valence-electron chi connectivity index (χ3n) is 15.2. The first kappa shape index (κ1) is 38.3. The van der Waals surface area contributed by atoms with Crippen molar-refractivity contribution in [1.82, 2.24) is 19.1 Å². The Morgan fingerprint density at radius 3 is 1.70 bits per heavy atom. The maximum atomic E-state index is 6.72. The number of aromatic nitrogens is 4. The summed E-state index contributed by atoms with van der Waals surface area (Å²) in [5.74, 6) is 0.599. The molecule has 0 fully saturated rings. The smallest absolute Gasteiger partial charge is 0.236 e. The van der Waals surface area contributed by atoms with Gasteiger partial charge in [-0.25, -0.2) is 9.97 Å². The summed E-state index contributed by atoms with van der Waals surface area (Å²) in [6, 6.07) is 66.0. The summed E-state index contributed by atoms with van der Waals surface area (Å²) in [5, 5.41) is 10.6. The van der Waals surface area contributed by atoms with Crippen molar-refractivity contribution in [2.24, 2.45) is 0 Å². The number of benzene rings is 9. The third-order valence-corrected chi connectivity index (χ3v) is 15.2. The SMILES string of the molecule is CC1(C)CCC(C)(C)c2cc3c(cc21)c1cc2c4c5ccccc5c5ccccc5c4n(-c4nc(-c5ccc(-c6ccccc6)cc5)c5oc6ccccc6c5n4)c2cc1n3-c1ccccc1. The Kier molecular flexibility index (Phi) is 7.86. The van der Waals surface area contributed by atoms with Crippen molar-refractivity contribution in [3.63, 3.8) is 0 Å². The lowest BCUT2D eigenvalue weighted by Crippen LogP contribution is -2.33. The fourth-order valence-corrected chi connectivity index (χ4v) is 11.6. The molecule has 4 heterocycles. The second kappa shape index (κ2) is 13.8. The number of nitrogens with zero attached hydrogens (tertiary/aromatic N) is 4. The first-order valence-corrected chi connectivity index (χ1v) is 23.5. The van der Waals surface area contributed by atoms with E-state index in [4.69, 9.17) is 14.4 Å². The van der Waals surface area contributed by atoms with Crippen LogP contribution in [0, 0.1) is 0 Å². The van der Waals surface area contributed by atoms with Gasteiger partial charge in [-0.3, -0.25) is 4.57 Å². The molecule has 320 valence electrons. The largest absolute Gasteiger partial charge is 0.452 e. The molecule has 0 radical (unpaired) electrons. The maximum Gasteiger partial charge on any atom is 0.236 e. The summed E-state index contributed by atoms with van der Waals surface area (Å²) in [6.45, 7) is 9.71. The van der Waals surface area contributed by atoms with E-state index in [2.05, 4.69) is 207 Å². The summed E-state index contributed by atoms with van der Waals surface area (Å²) >= 11 is 0. The predicted molar refractivity (Wildman–Crippen MR) is 279 cm³/mol. The number of hydrogen-bond donors (Lipinski definition) is 0. The Morgan fingerprint density at radius 2 is 0.970 bits per heavy atom. The van der Waals surface area contributed by atoms with Gasteiger partial charge in [0.05, 0.1) is 22.1 Å². The van der Waals surface area contributed by atoms with Gasteiger partial charge in [-0.15, -0.1) is 0 Å². The average molecular weight is 863 g/mol. The molecule has 0 amide bonds. The van der Waals surface area contributed by atoms with Crippen LogP contribution in [-0.2, 0) is 10.8 Å². The Balaban J connectivity index is 1.16. The number of rotatable bonds is 4. The van der Waals surface area contributed by atoms with Crippen LogP contribution in [0.25, 0.3) is 121 Å². The van der Waals surface area contributed by atoms with E-state index in [1.165, 1.54) is 59.9 Å². The van der Waals surface area contributed by atoms with Gasteiger partial charge in [-0.05, 0) is 111 Å². The second-order valence-electron chi connectivity index (χ2n) is 20.0. The molecule has 4 aromatic heterocycles. The summed E-state index contributed by atoms with van der Waals surface area (Å²) in [6.07, 6.45) is 2.31. The molecule has 0 saturated heterocycles. The molecule has 14 rings (SSSR count). The van der Waals surface area contributed by atoms with E-state index in [1.54, 1.807) is 0 Å². The van der Waals surface area contributed by atoms with Crippen LogP contribution in [0.5, 0.6) is 0 Å². The van der Waals surface area contributed by atoms with Crippen molar-refractivity contribution in [2.75, 3.05) is 0 Å². The molecule has 1 aliphatic carbocycles. The van der Waals surface area contributed by atoms with Crippen LogP contribution >= 0.6 is 0 Å². The maximum absolute atomic E-state index is 6.72. The second-order valence-corrected chi connectivity index (χ2v) is 20.0. The highest BCUT2D eigenvalue weighted by molar-refractivity contribution is 6.33. The zero-order chi connectivity index (χ0) is 44.8. The van der Waals surface area contributed by atoms with Gasteiger partial charge < -0.3 is 8.98 Å². The Labute approximate surface area is 387 Å². The Morgan fingerprint density at radius 1 is 0.433 bits per heavy atom. The molecule has 5 nitrogen and oxygen atoms in total. The molecule has 0 bridgehead atoms. The van der Waals surface area contributed by atoms with E-state index in [0.29, 0.717) is 11.5 Å². The van der Waals surface area contributed by atoms with Crippen molar-refractivity contribution >= 4 is 87.2 Å². The zero-order valence-corrected chi connectivity index (χ0v) is 37.9. The van der Waals surface area contributed by atoms with E-state index in [9.17, 15) is 0 Å². The number of hydrogen-bond acceptors (Lipinski definition) is 3. The van der Waals surface area contributed by atoms with Crippen LogP contribution in [0.1, 0.15) is 51.7 Å². The molecule has 0 atom stereocenters. The monoisotopic (exact) mass is 862 g/mol. The van der Waals surface area contributed by atoms with Gasteiger partial charge in [0.15, 0.2) is 5.58 Å². The topological polar surface area (TPSA) is 48.8 Å². The van der Waals surface area contributed by atoms with Crippen LogP contribution < -0.4 is 0 Å². The van der Waals surface area contributed by atoms with Crippen LogP contribution in [0.15, 0.2) is 186 Å². The molecule has 67 heavy (non-hydrogen) atoms. The van der Waals surface area contributed by atoms with E-state index in [0.717, 1.165) is 73.8 Å².